The third-order valence-electron chi connectivity index (χ3n) is 1.48. The van der Waals surface area contributed by atoms with Gasteiger partial charge >= 0.3 is 0 Å². The molecule has 83 valence electrons. The van der Waals surface area contributed by atoms with Crippen molar-refractivity contribution in [3.05, 3.63) is 0 Å². The molecule has 0 bridgehead atoms. The molecule has 0 aromatic heterocycles. The summed E-state index contributed by atoms with van der Waals surface area (Å²) in [5.41, 5.74) is 0. The molecule has 0 spiro atoms. The van der Waals surface area contributed by atoms with Crippen molar-refractivity contribution in [2.75, 3.05) is 19.8 Å². The van der Waals surface area contributed by atoms with Crippen molar-refractivity contribution in [2.24, 2.45) is 0 Å². The van der Waals surface area contributed by atoms with E-state index in [4.69, 9.17) is 14.9 Å². The number of aliphatic hydroxyl groups excluding tert-OH is 2. The van der Waals surface area contributed by atoms with Gasteiger partial charge in [0, 0.05) is 31.2 Å². The molecule has 1 amide bonds. The summed E-state index contributed by atoms with van der Waals surface area (Å²) < 4.78 is 5.09. The SMILES string of the molecule is CC(O)CCOCC(CO)N[C-]=O.[V]. The number of hydrogen-bond donors (Lipinski definition) is 3. The van der Waals surface area contributed by atoms with E-state index in [2.05, 4.69) is 5.32 Å². The van der Waals surface area contributed by atoms with Crippen LogP contribution in [0.15, 0.2) is 0 Å². The molecule has 0 aliphatic rings. The van der Waals surface area contributed by atoms with Crippen molar-refractivity contribution < 1.29 is 38.3 Å². The number of hydrogen-bond acceptors (Lipinski definition) is 4. The zero-order valence-corrected chi connectivity index (χ0v) is 9.54. The van der Waals surface area contributed by atoms with E-state index < -0.39 is 12.1 Å². The normalized spacial score (nSPS) is 13.9. The smallest absolute Gasteiger partial charge is 0.0665 e. The Bertz CT molecular complexity index is 135. The molecule has 0 saturated carbocycles. The third kappa shape index (κ3) is 10.0. The molecule has 1 radical (unpaired) electrons. The standard InChI is InChI=1S/C8H16NO4.V/c1-7(12)2-3-13-5-8(4-10)9-6-11;/h7-8,10,12H,2-5H2,1H3,(H,9,11);/q-1;. The van der Waals surface area contributed by atoms with Gasteiger partial charge in [-0.1, -0.05) is 0 Å². The first-order chi connectivity index (χ1) is 6.20. The minimum atomic E-state index is -0.411. The molecule has 3 N–H and O–H groups in total. The number of rotatable bonds is 8. The zero-order valence-electron chi connectivity index (χ0n) is 8.14. The van der Waals surface area contributed by atoms with Crippen LogP contribution >= 0.6 is 0 Å². The summed E-state index contributed by atoms with van der Waals surface area (Å²) in [6, 6.07) is -0.411. The fraction of sp³-hybridized carbons (Fsp3) is 0.875. The summed E-state index contributed by atoms with van der Waals surface area (Å²) in [5.74, 6) is 0. The van der Waals surface area contributed by atoms with Gasteiger partial charge in [0.05, 0.1) is 19.3 Å². The molecule has 0 fully saturated rings. The summed E-state index contributed by atoms with van der Waals surface area (Å²) in [7, 11) is 0. The molecule has 6 heteroatoms. The average molecular weight is 241 g/mol. The maximum absolute atomic E-state index is 9.87. The number of aliphatic hydroxyl groups is 2. The van der Waals surface area contributed by atoms with Crippen LogP contribution in [-0.4, -0.2) is 48.6 Å². The van der Waals surface area contributed by atoms with E-state index in [-0.39, 0.29) is 31.8 Å². The van der Waals surface area contributed by atoms with Crippen LogP contribution in [0.1, 0.15) is 13.3 Å². The van der Waals surface area contributed by atoms with Gasteiger partial charge in [0.15, 0.2) is 0 Å². The summed E-state index contributed by atoms with van der Waals surface area (Å²) in [6.45, 7) is 2.14. The van der Waals surface area contributed by atoms with Gasteiger partial charge in [0.1, 0.15) is 0 Å². The Labute approximate surface area is 95.7 Å². The number of amides is 1. The average Bonchev–Trinajstić information content (AvgIpc) is 2.10. The topological polar surface area (TPSA) is 78.8 Å². The van der Waals surface area contributed by atoms with Crippen molar-refractivity contribution in [3.8, 4) is 0 Å². The van der Waals surface area contributed by atoms with Gasteiger partial charge in [-0.3, -0.25) is 0 Å². The monoisotopic (exact) mass is 241 g/mol. The largest absolute Gasteiger partial charge is 0.524 e. The van der Waals surface area contributed by atoms with Crippen LogP contribution in [0.5, 0.6) is 0 Å². The Morgan fingerprint density at radius 1 is 1.57 bits per heavy atom. The molecular formula is C8H16NO4V-. The minimum Gasteiger partial charge on any atom is -0.524 e. The minimum absolute atomic E-state index is 0. The molecule has 2 unspecified atom stereocenters. The van der Waals surface area contributed by atoms with Crippen molar-refractivity contribution in [1.29, 1.82) is 0 Å². The van der Waals surface area contributed by atoms with E-state index in [0.29, 0.717) is 13.0 Å². The number of ether oxygens (including phenoxy) is 1. The van der Waals surface area contributed by atoms with Gasteiger partial charge in [-0.2, -0.15) is 6.41 Å². The Kier molecular flexibility index (Phi) is 12.9. The molecule has 0 aromatic rings. The Hall–Kier alpha value is -0.0656. The summed E-state index contributed by atoms with van der Waals surface area (Å²) in [4.78, 5) is 9.87. The van der Waals surface area contributed by atoms with Gasteiger partial charge in [0.2, 0.25) is 0 Å². The Balaban J connectivity index is 0. The first-order valence-electron chi connectivity index (χ1n) is 4.20. The van der Waals surface area contributed by atoms with Gasteiger partial charge in [-0.05, 0) is 13.3 Å². The van der Waals surface area contributed by atoms with Crippen LogP contribution in [0.4, 0.5) is 0 Å². The molecule has 0 aliphatic carbocycles. The molecule has 0 aliphatic heterocycles. The second-order valence-electron chi connectivity index (χ2n) is 2.84. The number of nitrogens with one attached hydrogen (secondary N) is 1. The van der Waals surface area contributed by atoms with Gasteiger partial charge in [-0.15, -0.1) is 0 Å². The van der Waals surface area contributed by atoms with Gasteiger partial charge in [-0.25, -0.2) is 0 Å². The molecule has 0 rings (SSSR count). The van der Waals surface area contributed by atoms with E-state index in [1.807, 2.05) is 0 Å². The Morgan fingerprint density at radius 2 is 2.21 bits per heavy atom. The van der Waals surface area contributed by atoms with Crippen LogP contribution in [0.25, 0.3) is 0 Å². The quantitative estimate of drug-likeness (QED) is 0.283. The second-order valence-corrected chi connectivity index (χ2v) is 2.84. The van der Waals surface area contributed by atoms with Crippen molar-refractivity contribution in [2.45, 2.75) is 25.5 Å². The Morgan fingerprint density at radius 3 is 2.64 bits per heavy atom. The summed E-state index contributed by atoms with van der Waals surface area (Å²) in [6.07, 6.45) is 1.63. The van der Waals surface area contributed by atoms with Crippen molar-refractivity contribution >= 4 is 6.41 Å². The van der Waals surface area contributed by atoms with Crippen LogP contribution in [0.3, 0.4) is 0 Å². The van der Waals surface area contributed by atoms with E-state index in [0.717, 1.165) is 0 Å². The maximum atomic E-state index is 9.87. The molecule has 5 nitrogen and oxygen atoms in total. The van der Waals surface area contributed by atoms with Crippen LogP contribution in [0.2, 0.25) is 0 Å². The van der Waals surface area contributed by atoms with Gasteiger partial charge in [0.25, 0.3) is 0 Å². The maximum Gasteiger partial charge on any atom is 0.0665 e. The predicted molar refractivity (Wildman–Crippen MR) is 46.8 cm³/mol. The fourth-order valence-electron chi connectivity index (χ4n) is 0.703. The molecule has 0 saturated heterocycles. The molecule has 14 heavy (non-hydrogen) atoms. The van der Waals surface area contributed by atoms with E-state index in [1.165, 1.54) is 6.41 Å². The second kappa shape index (κ2) is 11.0. The molecule has 0 aromatic carbocycles. The van der Waals surface area contributed by atoms with Crippen molar-refractivity contribution in [3.63, 3.8) is 0 Å². The first kappa shape index (κ1) is 16.4. The van der Waals surface area contributed by atoms with E-state index in [1.54, 1.807) is 6.92 Å². The molecular weight excluding hydrogens is 225 g/mol. The molecule has 0 heterocycles. The van der Waals surface area contributed by atoms with Crippen LogP contribution in [0, 0.1) is 0 Å². The zero-order chi connectivity index (χ0) is 10.1. The first-order valence-corrected chi connectivity index (χ1v) is 4.20. The van der Waals surface area contributed by atoms with E-state index >= 15 is 0 Å². The number of carbonyl (C=O) groups excluding carboxylic acids is 1. The van der Waals surface area contributed by atoms with Crippen LogP contribution < -0.4 is 5.32 Å². The van der Waals surface area contributed by atoms with E-state index in [9.17, 15) is 4.79 Å². The predicted octanol–water partition coefficient (Wildman–Crippen LogP) is -1.21. The van der Waals surface area contributed by atoms with Crippen molar-refractivity contribution in [1.82, 2.24) is 5.32 Å². The third-order valence-corrected chi connectivity index (χ3v) is 1.48. The summed E-state index contributed by atoms with van der Waals surface area (Å²) in [5, 5.41) is 19.8. The molecule has 2 atom stereocenters. The van der Waals surface area contributed by atoms with Crippen LogP contribution in [-0.2, 0) is 28.1 Å². The fourth-order valence-corrected chi connectivity index (χ4v) is 0.703. The van der Waals surface area contributed by atoms with Gasteiger partial charge < -0.3 is 25.1 Å². The summed E-state index contributed by atoms with van der Waals surface area (Å²) >= 11 is 0.